The lowest BCUT2D eigenvalue weighted by atomic mass is 9.82. The van der Waals surface area contributed by atoms with Crippen molar-refractivity contribution in [1.82, 2.24) is 24.2 Å². The van der Waals surface area contributed by atoms with Gasteiger partial charge in [0.2, 0.25) is 0 Å². The molecule has 1 aliphatic carbocycles. The molecule has 2 aromatic heterocycles. The third-order valence-electron chi connectivity index (χ3n) is 5.38. The van der Waals surface area contributed by atoms with Crippen molar-refractivity contribution >= 4 is 5.91 Å². The summed E-state index contributed by atoms with van der Waals surface area (Å²) in [7, 11) is 5.32. The van der Waals surface area contributed by atoms with Gasteiger partial charge in [-0.3, -0.25) is 9.36 Å². The van der Waals surface area contributed by atoms with Crippen molar-refractivity contribution in [1.29, 1.82) is 0 Å². The molecule has 1 aliphatic rings. The second kappa shape index (κ2) is 6.90. The van der Waals surface area contributed by atoms with Crippen LogP contribution in [-0.2, 0) is 27.6 Å². The molecule has 2 aromatic rings. The van der Waals surface area contributed by atoms with Gasteiger partial charge in [0.15, 0.2) is 0 Å². The van der Waals surface area contributed by atoms with Gasteiger partial charge in [0.1, 0.15) is 11.5 Å². The Morgan fingerprint density at radius 1 is 1.28 bits per heavy atom. The third-order valence-corrected chi connectivity index (χ3v) is 5.38. The first-order valence-electron chi connectivity index (χ1n) is 8.90. The van der Waals surface area contributed by atoms with E-state index in [9.17, 15) is 9.59 Å². The average molecular weight is 345 g/mol. The van der Waals surface area contributed by atoms with E-state index in [-0.39, 0.29) is 17.6 Å². The predicted molar refractivity (Wildman–Crippen MR) is 95.5 cm³/mol. The maximum absolute atomic E-state index is 12.7. The quantitative estimate of drug-likeness (QED) is 0.908. The number of hydrogen-bond donors (Lipinski definition) is 1. The molecule has 0 saturated heterocycles. The number of aromatic nitrogens is 4. The first-order chi connectivity index (χ1) is 11.9. The molecule has 1 amide bonds. The molecule has 25 heavy (non-hydrogen) atoms. The molecular weight excluding hydrogens is 318 g/mol. The van der Waals surface area contributed by atoms with E-state index >= 15 is 0 Å². The van der Waals surface area contributed by atoms with E-state index in [1.807, 2.05) is 30.8 Å². The summed E-state index contributed by atoms with van der Waals surface area (Å²) < 4.78 is 4.85. The Hall–Kier alpha value is -2.31. The molecule has 7 heteroatoms. The van der Waals surface area contributed by atoms with Crippen LogP contribution in [0.2, 0.25) is 0 Å². The zero-order chi connectivity index (χ0) is 18.1. The summed E-state index contributed by atoms with van der Waals surface area (Å²) in [6, 6.07) is 2.07. The van der Waals surface area contributed by atoms with Gasteiger partial charge in [-0.15, -0.1) is 0 Å². The fourth-order valence-electron chi connectivity index (χ4n) is 3.90. The van der Waals surface area contributed by atoms with Gasteiger partial charge >= 0.3 is 5.69 Å². The summed E-state index contributed by atoms with van der Waals surface area (Å²) in [4.78, 5) is 24.6. The van der Waals surface area contributed by atoms with E-state index in [2.05, 4.69) is 10.4 Å². The van der Waals surface area contributed by atoms with Gasteiger partial charge in [0.05, 0.1) is 0 Å². The first kappa shape index (κ1) is 17.5. The molecule has 2 heterocycles. The average Bonchev–Trinajstić information content (AvgIpc) is 3.03. The Morgan fingerprint density at radius 2 is 2.00 bits per heavy atom. The van der Waals surface area contributed by atoms with Gasteiger partial charge in [-0.05, 0) is 37.3 Å². The number of nitrogens with one attached hydrogen (secondary N) is 1. The van der Waals surface area contributed by atoms with Crippen molar-refractivity contribution in [3.63, 3.8) is 0 Å². The SMILES string of the molecule is Cc1ccn(C)c1C(=O)N[C@@H]1CCCC[C@@H]1Cc1nn(C)c(=O)n1C. The zero-order valence-corrected chi connectivity index (χ0v) is 15.5. The van der Waals surface area contributed by atoms with Crippen molar-refractivity contribution < 1.29 is 4.79 Å². The van der Waals surface area contributed by atoms with E-state index < -0.39 is 0 Å². The molecular formula is C18H27N5O2. The number of rotatable bonds is 4. The minimum Gasteiger partial charge on any atom is -0.348 e. The van der Waals surface area contributed by atoms with Gasteiger partial charge in [0.25, 0.3) is 5.91 Å². The lowest BCUT2D eigenvalue weighted by Gasteiger charge is -2.32. The number of hydrogen-bond acceptors (Lipinski definition) is 3. The Morgan fingerprint density at radius 3 is 2.60 bits per heavy atom. The molecule has 1 N–H and O–H groups in total. The van der Waals surface area contributed by atoms with Crippen LogP contribution >= 0.6 is 0 Å². The molecule has 0 unspecified atom stereocenters. The van der Waals surface area contributed by atoms with Crippen LogP contribution in [0.15, 0.2) is 17.1 Å². The molecule has 0 radical (unpaired) electrons. The highest BCUT2D eigenvalue weighted by Crippen LogP contribution is 2.27. The largest absolute Gasteiger partial charge is 0.348 e. The highest BCUT2D eigenvalue weighted by Gasteiger charge is 2.29. The molecule has 7 nitrogen and oxygen atoms in total. The number of carbonyl (C=O) groups excluding carboxylic acids is 1. The van der Waals surface area contributed by atoms with E-state index in [0.29, 0.717) is 12.3 Å². The van der Waals surface area contributed by atoms with Gasteiger partial charge < -0.3 is 9.88 Å². The topological polar surface area (TPSA) is 73.8 Å². The summed E-state index contributed by atoms with van der Waals surface area (Å²) in [6.45, 7) is 1.96. The van der Waals surface area contributed by atoms with Crippen molar-refractivity contribution in [2.45, 2.75) is 45.1 Å². The highest BCUT2D eigenvalue weighted by molar-refractivity contribution is 5.94. The van der Waals surface area contributed by atoms with Crippen LogP contribution < -0.4 is 11.0 Å². The van der Waals surface area contributed by atoms with Crippen molar-refractivity contribution in [3.8, 4) is 0 Å². The predicted octanol–water partition coefficient (Wildman–Crippen LogP) is 1.30. The molecule has 136 valence electrons. The van der Waals surface area contributed by atoms with Crippen LogP contribution in [0.25, 0.3) is 0 Å². The minimum atomic E-state index is -0.106. The van der Waals surface area contributed by atoms with E-state index in [4.69, 9.17) is 0 Å². The first-order valence-corrected chi connectivity index (χ1v) is 8.90. The fraction of sp³-hybridized carbons (Fsp3) is 0.611. The molecule has 1 fully saturated rings. The summed E-state index contributed by atoms with van der Waals surface area (Å²) in [5.74, 6) is 1.07. The van der Waals surface area contributed by atoms with Gasteiger partial charge in [0, 0.05) is 39.8 Å². The fourth-order valence-corrected chi connectivity index (χ4v) is 3.90. The minimum absolute atomic E-state index is 0.0168. The summed E-state index contributed by atoms with van der Waals surface area (Å²) in [5, 5.41) is 7.58. The number of aryl methyl sites for hydroxylation is 3. The lowest BCUT2D eigenvalue weighted by Crippen LogP contribution is -2.43. The highest BCUT2D eigenvalue weighted by atomic mass is 16.2. The van der Waals surface area contributed by atoms with Crippen molar-refractivity contribution in [3.05, 3.63) is 39.8 Å². The smallest absolute Gasteiger partial charge is 0.345 e. The molecule has 1 saturated carbocycles. The Balaban J connectivity index is 1.76. The van der Waals surface area contributed by atoms with Gasteiger partial charge in [-0.1, -0.05) is 12.8 Å². The lowest BCUT2D eigenvalue weighted by molar-refractivity contribution is 0.0896. The van der Waals surface area contributed by atoms with Gasteiger partial charge in [-0.2, -0.15) is 5.10 Å². The second-order valence-corrected chi connectivity index (χ2v) is 7.17. The third kappa shape index (κ3) is 3.41. The standard InChI is InChI=1S/C18H27N5O2/c1-12-9-10-21(2)16(12)17(24)19-14-8-6-5-7-13(14)11-15-20-23(4)18(25)22(15)3/h9-10,13-14H,5-8,11H2,1-4H3,(H,19,24)/t13-,14-/m1/s1. The Kier molecular flexibility index (Phi) is 4.83. The van der Waals surface area contributed by atoms with Crippen LogP contribution in [0.4, 0.5) is 0 Å². The number of amides is 1. The number of nitrogens with zero attached hydrogens (tertiary/aromatic N) is 4. The maximum atomic E-state index is 12.7. The summed E-state index contributed by atoms with van der Waals surface area (Å²) in [6.07, 6.45) is 6.91. The van der Waals surface area contributed by atoms with E-state index in [0.717, 1.165) is 42.8 Å². The monoisotopic (exact) mass is 345 g/mol. The van der Waals surface area contributed by atoms with Crippen molar-refractivity contribution in [2.24, 2.45) is 27.1 Å². The van der Waals surface area contributed by atoms with Crippen LogP contribution in [0.1, 0.15) is 47.6 Å². The van der Waals surface area contributed by atoms with Crippen LogP contribution in [0.3, 0.4) is 0 Å². The molecule has 0 spiro atoms. The second-order valence-electron chi connectivity index (χ2n) is 7.17. The molecule has 3 rings (SSSR count). The molecule has 0 aromatic carbocycles. The van der Waals surface area contributed by atoms with Gasteiger partial charge in [-0.25, -0.2) is 9.48 Å². The molecule has 0 aliphatic heterocycles. The maximum Gasteiger partial charge on any atom is 0.345 e. The van der Waals surface area contributed by atoms with Crippen LogP contribution in [0.5, 0.6) is 0 Å². The van der Waals surface area contributed by atoms with Crippen molar-refractivity contribution in [2.75, 3.05) is 0 Å². The van der Waals surface area contributed by atoms with Crippen LogP contribution in [0, 0.1) is 12.8 Å². The summed E-state index contributed by atoms with van der Waals surface area (Å²) >= 11 is 0. The number of carbonyl (C=O) groups is 1. The molecule has 0 bridgehead atoms. The Bertz CT molecular complexity index is 810. The van der Waals surface area contributed by atoms with Crippen LogP contribution in [-0.4, -0.2) is 30.9 Å². The van der Waals surface area contributed by atoms with E-state index in [1.54, 1.807) is 18.7 Å². The Labute approximate surface area is 147 Å². The molecule has 2 atom stereocenters. The normalized spacial score (nSPS) is 20.6. The summed E-state index contributed by atoms with van der Waals surface area (Å²) in [5.41, 5.74) is 1.60. The zero-order valence-electron chi connectivity index (χ0n) is 15.5. The van der Waals surface area contributed by atoms with E-state index in [1.165, 1.54) is 4.68 Å².